The molecule has 1 aliphatic rings. The van der Waals surface area contributed by atoms with Crippen molar-refractivity contribution in [1.82, 2.24) is 10.3 Å². The van der Waals surface area contributed by atoms with Crippen molar-refractivity contribution in [3.8, 4) is 0 Å². The van der Waals surface area contributed by atoms with E-state index in [1.54, 1.807) is 17.4 Å². The van der Waals surface area contributed by atoms with Crippen LogP contribution in [-0.2, 0) is 17.6 Å². The molecule has 1 unspecified atom stereocenters. The number of fused-ring (bicyclic) bond motifs is 1. The molecule has 2 aromatic heterocycles. The summed E-state index contributed by atoms with van der Waals surface area (Å²) >= 11 is 1.74. The minimum absolute atomic E-state index is 0.0369. The van der Waals surface area contributed by atoms with Gasteiger partial charge in [-0.15, -0.1) is 11.3 Å². The summed E-state index contributed by atoms with van der Waals surface area (Å²) in [5, 5.41) is 5.18. The fraction of sp³-hybridized carbons (Fsp3) is 0.412. The van der Waals surface area contributed by atoms with Crippen molar-refractivity contribution in [3.05, 3.63) is 56.1 Å². The maximum absolute atomic E-state index is 12.1. The summed E-state index contributed by atoms with van der Waals surface area (Å²) in [6.07, 6.45) is 5.20. The van der Waals surface area contributed by atoms with Gasteiger partial charge in [0.05, 0.1) is 6.04 Å². The molecule has 0 aliphatic heterocycles. The summed E-state index contributed by atoms with van der Waals surface area (Å²) in [5.41, 5.74) is 1.97. The molecule has 1 aliphatic carbocycles. The molecule has 0 fully saturated rings. The van der Waals surface area contributed by atoms with Crippen LogP contribution in [0.15, 0.2) is 34.4 Å². The molecule has 0 aromatic carbocycles. The molecule has 22 heavy (non-hydrogen) atoms. The summed E-state index contributed by atoms with van der Waals surface area (Å²) in [6.45, 7) is 0. The van der Waals surface area contributed by atoms with Crippen LogP contribution >= 0.6 is 11.3 Å². The highest BCUT2D eigenvalue weighted by Crippen LogP contribution is 2.27. The second-order valence-corrected chi connectivity index (χ2v) is 6.73. The molecule has 2 N–H and O–H groups in total. The average molecular weight is 316 g/mol. The normalized spacial score (nSPS) is 17.0. The number of aromatic amines is 1. The Morgan fingerprint density at radius 3 is 3.09 bits per heavy atom. The molecule has 0 bridgehead atoms. The second-order valence-electron chi connectivity index (χ2n) is 5.70. The smallest absolute Gasteiger partial charge is 0.248 e. The van der Waals surface area contributed by atoms with Crippen molar-refractivity contribution < 1.29 is 4.79 Å². The summed E-state index contributed by atoms with van der Waals surface area (Å²) in [7, 11) is 0. The van der Waals surface area contributed by atoms with Crippen molar-refractivity contribution in [2.45, 2.75) is 44.6 Å². The minimum atomic E-state index is -0.0679. The molecule has 0 spiro atoms. The van der Waals surface area contributed by atoms with Gasteiger partial charge in [-0.25, -0.2) is 0 Å². The fourth-order valence-electron chi connectivity index (χ4n) is 2.99. The number of hydrogen-bond acceptors (Lipinski definition) is 3. The first-order valence-electron chi connectivity index (χ1n) is 7.76. The van der Waals surface area contributed by atoms with Crippen LogP contribution in [0, 0.1) is 0 Å². The summed E-state index contributed by atoms with van der Waals surface area (Å²) in [6, 6.07) is 7.58. The number of H-pyrrole nitrogens is 1. The maximum Gasteiger partial charge on any atom is 0.248 e. The van der Waals surface area contributed by atoms with Gasteiger partial charge in [0.25, 0.3) is 0 Å². The van der Waals surface area contributed by atoms with Gasteiger partial charge in [-0.2, -0.15) is 0 Å². The first-order valence-corrected chi connectivity index (χ1v) is 8.64. The van der Waals surface area contributed by atoms with E-state index < -0.39 is 0 Å². The number of thiophene rings is 1. The highest BCUT2D eigenvalue weighted by atomic mass is 32.1. The zero-order chi connectivity index (χ0) is 15.4. The van der Waals surface area contributed by atoms with Crippen molar-refractivity contribution in [2.75, 3.05) is 0 Å². The van der Waals surface area contributed by atoms with E-state index in [1.807, 2.05) is 12.1 Å². The molecule has 116 valence electrons. The van der Waals surface area contributed by atoms with Gasteiger partial charge in [0.15, 0.2) is 0 Å². The number of aromatic nitrogens is 1. The van der Waals surface area contributed by atoms with Crippen LogP contribution in [0.1, 0.15) is 47.9 Å². The van der Waals surface area contributed by atoms with E-state index in [0.29, 0.717) is 6.42 Å². The van der Waals surface area contributed by atoms with Crippen molar-refractivity contribution in [2.24, 2.45) is 0 Å². The fourth-order valence-corrected chi connectivity index (χ4v) is 3.75. The van der Waals surface area contributed by atoms with Crippen molar-refractivity contribution >= 4 is 17.2 Å². The third-order valence-electron chi connectivity index (χ3n) is 4.07. The van der Waals surface area contributed by atoms with E-state index in [0.717, 1.165) is 43.4 Å². The van der Waals surface area contributed by atoms with Crippen LogP contribution in [0.2, 0.25) is 0 Å². The van der Waals surface area contributed by atoms with Crippen LogP contribution in [0.5, 0.6) is 0 Å². The highest BCUT2D eigenvalue weighted by Gasteiger charge is 2.22. The average Bonchev–Trinajstić information content (AvgIpc) is 3.00. The predicted octanol–water partition coefficient (Wildman–Crippen LogP) is 2.95. The Morgan fingerprint density at radius 2 is 2.27 bits per heavy atom. The van der Waals surface area contributed by atoms with Gasteiger partial charge < -0.3 is 10.3 Å². The van der Waals surface area contributed by atoms with Crippen LogP contribution < -0.4 is 10.9 Å². The van der Waals surface area contributed by atoms with E-state index >= 15 is 0 Å². The Kier molecular flexibility index (Phi) is 4.73. The predicted molar refractivity (Wildman–Crippen MR) is 88.1 cm³/mol. The third-order valence-corrected chi connectivity index (χ3v) is 5.01. The van der Waals surface area contributed by atoms with Crippen LogP contribution in [-0.4, -0.2) is 10.9 Å². The lowest BCUT2D eigenvalue weighted by atomic mass is 9.91. The van der Waals surface area contributed by atoms with Crippen molar-refractivity contribution in [3.63, 3.8) is 0 Å². The minimum Gasteiger partial charge on any atom is -0.349 e. The SMILES string of the molecule is O=C(CCCc1cccs1)NC1CCCc2[nH]c(=O)ccc21. The van der Waals surface area contributed by atoms with Gasteiger partial charge in [-0.3, -0.25) is 9.59 Å². The Hall–Kier alpha value is -1.88. The second kappa shape index (κ2) is 6.92. The monoisotopic (exact) mass is 316 g/mol. The molecule has 3 rings (SSSR count). The molecule has 1 atom stereocenters. The Labute approximate surface area is 133 Å². The molecule has 0 saturated heterocycles. The lowest BCUT2D eigenvalue weighted by molar-refractivity contribution is -0.122. The molecule has 0 radical (unpaired) electrons. The molecule has 2 heterocycles. The number of carbonyl (C=O) groups is 1. The number of amides is 1. The number of carbonyl (C=O) groups excluding carboxylic acids is 1. The number of hydrogen-bond donors (Lipinski definition) is 2. The molecule has 2 aromatic rings. The highest BCUT2D eigenvalue weighted by molar-refractivity contribution is 7.09. The quantitative estimate of drug-likeness (QED) is 0.891. The van der Waals surface area contributed by atoms with Crippen LogP contribution in [0.3, 0.4) is 0 Å². The first-order chi connectivity index (χ1) is 10.7. The van der Waals surface area contributed by atoms with Gasteiger partial charge in [0.1, 0.15) is 0 Å². The van der Waals surface area contributed by atoms with Gasteiger partial charge in [0, 0.05) is 23.1 Å². The molecule has 4 nitrogen and oxygen atoms in total. The largest absolute Gasteiger partial charge is 0.349 e. The molecular formula is C17H20N2O2S. The Bertz CT molecular complexity index is 691. The van der Waals surface area contributed by atoms with E-state index in [4.69, 9.17) is 0 Å². The van der Waals surface area contributed by atoms with Crippen molar-refractivity contribution in [1.29, 1.82) is 0 Å². The van der Waals surface area contributed by atoms with Gasteiger partial charge in [-0.05, 0) is 55.2 Å². The topological polar surface area (TPSA) is 62.0 Å². The standard InChI is InChI=1S/C17H20N2O2S/c20-16(8-1-4-12-5-3-11-22-12)18-14-6-2-7-15-13(14)9-10-17(21)19-15/h3,5,9-11,14H,1-2,4,6-8H2,(H,18,20)(H,19,21). The number of aryl methyl sites for hydroxylation is 2. The van der Waals surface area contributed by atoms with Crippen LogP contribution in [0.25, 0.3) is 0 Å². The summed E-state index contributed by atoms with van der Waals surface area (Å²) in [5.74, 6) is 0.0978. The third kappa shape index (κ3) is 3.65. The van der Waals surface area contributed by atoms with Gasteiger partial charge >= 0.3 is 0 Å². The number of nitrogens with one attached hydrogen (secondary N) is 2. The summed E-state index contributed by atoms with van der Waals surface area (Å²) < 4.78 is 0. The maximum atomic E-state index is 12.1. The molecule has 0 saturated carbocycles. The molecule has 5 heteroatoms. The van der Waals surface area contributed by atoms with Crippen LogP contribution in [0.4, 0.5) is 0 Å². The van der Waals surface area contributed by atoms with E-state index in [-0.39, 0.29) is 17.5 Å². The lowest BCUT2D eigenvalue weighted by Crippen LogP contribution is -2.32. The van der Waals surface area contributed by atoms with E-state index in [1.165, 1.54) is 4.88 Å². The Morgan fingerprint density at radius 1 is 1.36 bits per heavy atom. The zero-order valence-electron chi connectivity index (χ0n) is 12.4. The molecular weight excluding hydrogens is 296 g/mol. The van der Waals surface area contributed by atoms with E-state index in [9.17, 15) is 9.59 Å². The lowest BCUT2D eigenvalue weighted by Gasteiger charge is -2.25. The first kappa shape index (κ1) is 15.0. The van der Waals surface area contributed by atoms with Gasteiger partial charge in [0.2, 0.25) is 11.5 Å². The Balaban J connectivity index is 1.55. The number of rotatable bonds is 5. The van der Waals surface area contributed by atoms with Gasteiger partial charge in [-0.1, -0.05) is 6.07 Å². The summed E-state index contributed by atoms with van der Waals surface area (Å²) in [4.78, 5) is 27.7. The van der Waals surface area contributed by atoms with E-state index in [2.05, 4.69) is 21.7 Å². The number of pyridine rings is 1. The zero-order valence-corrected chi connectivity index (χ0v) is 13.2. The molecule has 1 amide bonds.